The molecule has 3 unspecified atom stereocenters. The van der Waals surface area contributed by atoms with Gasteiger partial charge >= 0.3 is 29.7 Å². The molecule has 1 heterocycles. The fourth-order valence-electron chi connectivity index (χ4n) is 4.80. The number of hydrogen-bond donors (Lipinski definition) is 3. The molecular weight excluding hydrogens is 548 g/mol. The van der Waals surface area contributed by atoms with Gasteiger partial charge in [-0.05, 0) is 6.42 Å². The van der Waals surface area contributed by atoms with Gasteiger partial charge in [0, 0.05) is 6.42 Å². The third-order valence-electron chi connectivity index (χ3n) is 7.41. The Labute approximate surface area is 250 Å². The normalized spacial score (nSPS) is 21.1. The molecule has 0 aromatic rings. The van der Waals surface area contributed by atoms with Crippen LogP contribution in [0, 0.1) is 0 Å². The van der Waals surface area contributed by atoms with Crippen molar-refractivity contribution in [1.82, 2.24) is 0 Å². The van der Waals surface area contributed by atoms with Crippen molar-refractivity contribution >= 4 is 23.9 Å². The van der Waals surface area contributed by atoms with E-state index in [9.17, 15) is 34.5 Å². The SMILES string of the molecule is CCCCCCCCCCCCCCCCCCCCCC(=O)OC1(CO)OC(=O)C(CO)OC(=O)C(CO)OC1=O. The van der Waals surface area contributed by atoms with Gasteiger partial charge < -0.3 is 34.3 Å². The molecule has 0 radical (unpaired) electrons. The molecule has 3 N–H and O–H groups in total. The summed E-state index contributed by atoms with van der Waals surface area (Å²) >= 11 is 0. The second-order valence-corrected chi connectivity index (χ2v) is 11.1. The minimum atomic E-state index is -2.89. The van der Waals surface area contributed by atoms with Crippen LogP contribution < -0.4 is 0 Å². The van der Waals surface area contributed by atoms with Crippen molar-refractivity contribution in [2.45, 2.75) is 153 Å². The Balaban J connectivity index is 2.20. The van der Waals surface area contributed by atoms with Crippen molar-refractivity contribution < 1.29 is 53.4 Å². The fraction of sp³-hybridized carbons (Fsp3) is 0.871. The van der Waals surface area contributed by atoms with Crippen molar-refractivity contribution in [3.05, 3.63) is 0 Å². The number of aliphatic hydroxyl groups is 3. The van der Waals surface area contributed by atoms with E-state index in [1.165, 1.54) is 89.9 Å². The Morgan fingerprint density at radius 2 is 1.05 bits per heavy atom. The second kappa shape index (κ2) is 23.2. The number of carbonyl (C=O) groups excluding carboxylic acids is 4. The maximum absolute atomic E-state index is 12.6. The van der Waals surface area contributed by atoms with Crippen LogP contribution in [0.15, 0.2) is 0 Å². The number of cyclic esters (lactones) is 3. The van der Waals surface area contributed by atoms with E-state index in [1.54, 1.807) is 0 Å². The van der Waals surface area contributed by atoms with Gasteiger partial charge in [-0.3, -0.25) is 4.79 Å². The summed E-state index contributed by atoms with van der Waals surface area (Å²) in [6.07, 6.45) is 19.2. The number of ether oxygens (including phenoxy) is 4. The Kier molecular flexibility index (Phi) is 20.9. The fourth-order valence-corrected chi connectivity index (χ4v) is 4.80. The lowest BCUT2D eigenvalue weighted by Gasteiger charge is -2.28. The van der Waals surface area contributed by atoms with Crippen LogP contribution in [-0.4, -0.2) is 77.0 Å². The minimum absolute atomic E-state index is 0.103. The van der Waals surface area contributed by atoms with Crippen LogP contribution in [0.5, 0.6) is 0 Å². The molecule has 1 aliphatic heterocycles. The quantitative estimate of drug-likeness (QED) is 0.0814. The van der Waals surface area contributed by atoms with Crippen molar-refractivity contribution in [1.29, 1.82) is 0 Å². The maximum atomic E-state index is 12.6. The third kappa shape index (κ3) is 15.3. The van der Waals surface area contributed by atoms with Gasteiger partial charge in [-0.1, -0.05) is 122 Å². The number of unbranched alkanes of at least 4 members (excludes halogenated alkanes) is 18. The molecule has 11 heteroatoms. The molecule has 1 fully saturated rings. The van der Waals surface area contributed by atoms with Gasteiger partial charge in [0.15, 0.2) is 0 Å². The Morgan fingerprint density at radius 1 is 0.643 bits per heavy atom. The molecule has 244 valence electrons. The summed E-state index contributed by atoms with van der Waals surface area (Å²) in [4.78, 5) is 49.3. The van der Waals surface area contributed by atoms with E-state index in [-0.39, 0.29) is 6.42 Å². The second-order valence-electron chi connectivity index (χ2n) is 11.1. The highest BCUT2D eigenvalue weighted by atomic mass is 16.8. The molecule has 1 saturated heterocycles. The third-order valence-corrected chi connectivity index (χ3v) is 7.41. The summed E-state index contributed by atoms with van der Waals surface area (Å²) in [6, 6.07) is 0. The Morgan fingerprint density at radius 3 is 1.45 bits per heavy atom. The molecule has 1 rings (SSSR count). The molecule has 0 amide bonds. The number of aliphatic hydroxyl groups excluding tert-OH is 3. The van der Waals surface area contributed by atoms with Crippen LogP contribution in [0.3, 0.4) is 0 Å². The van der Waals surface area contributed by atoms with Crippen LogP contribution in [0.25, 0.3) is 0 Å². The predicted molar refractivity (Wildman–Crippen MR) is 154 cm³/mol. The molecule has 1 aliphatic rings. The zero-order valence-corrected chi connectivity index (χ0v) is 25.5. The molecular formula is C31H54O11. The van der Waals surface area contributed by atoms with Crippen LogP contribution >= 0.6 is 0 Å². The van der Waals surface area contributed by atoms with E-state index < -0.39 is 61.7 Å². The largest absolute Gasteiger partial charge is 0.445 e. The molecule has 0 aromatic heterocycles. The first-order chi connectivity index (χ1) is 20.3. The zero-order chi connectivity index (χ0) is 31.1. The molecule has 0 saturated carbocycles. The highest BCUT2D eigenvalue weighted by Gasteiger charge is 2.52. The number of hydrogen-bond acceptors (Lipinski definition) is 11. The zero-order valence-electron chi connectivity index (χ0n) is 25.5. The minimum Gasteiger partial charge on any atom is -0.445 e. The summed E-state index contributed by atoms with van der Waals surface area (Å²) in [5, 5.41) is 28.5. The predicted octanol–water partition coefficient (Wildman–Crippen LogP) is 4.41. The van der Waals surface area contributed by atoms with E-state index in [1.807, 2.05) is 0 Å². The number of carbonyl (C=O) groups is 4. The molecule has 0 aliphatic carbocycles. The van der Waals surface area contributed by atoms with Crippen molar-refractivity contribution in [2.75, 3.05) is 19.8 Å². The lowest BCUT2D eigenvalue weighted by atomic mass is 10.0. The highest BCUT2D eigenvalue weighted by Crippen LogP contribution is 2.23. The first-order valence-electron chi connectivity index (χ1n) is 16.0. The van der Waals surface area contributed by atoms with Crippen molar-refractivity contribution in [3.8, 4) is 0 Å². The lowest BCUT2D eigenvalue weighted by molar-refractivity contribution is -0.251. The Hall–Kier alpha value is -2.24. The van der Waals surface area contributed by atoms with Crippen molar-refractivity contribution in [3.63, 3.8) is 0 Å². The average molecular weight is 603 g/mol. The van der Waals surface area contributed by atoms with E-state index in [4.69, 9.17) is 14.2 Å². The summed E-state index contributed by atoms with van der Waals surface area (Å²) in [7, 11) is 0. The van der Waals surface area contributed by atoms with Gasteiger partial charge in [0.1, 0.15) is 6.61 Å². The molecule has 0 aromatic carbocycles. The molecule has 42 heavy (non-hydrogen) atoms. The van der Waals surface area contributed by atoms with Crippen LogP contribution in [0.1, 0.15) is 135 Å². The van der Waals surface area contributed by atoms with Gasteiger partial charge in [-0.2, -0.15) is 0 Å². The summed E-state index contributed by atoms with van der Waals surface area (Å²) < 4.78 is 19.3. The molecule has 11 nitrogen and oxygen atoms in total. The van der Waals surface area contributed by atoms with Gasteiger partial charge in [0.05, 0.1) is 13.2 Å². The van der Waals surface area contributed by atoms with Crippen LogP contribution in [0.4, 0.5) is 0 Å². The summed E-state index contributed by atoms with van der Waals surface area (Å²) in [6.45, 7) is -1.06. The smallest absolute Gasteiger partial charge is 0.396 e. The standard InChI is InChI=1S/C31H54O11/c1-2-3-4-5-6-7-8-9-10-11-12-13-14-15-16-17-18-19-20-21-27(35)41-31(24-34)30(38)40-25(22-32)28(36)39-26(23-33)29(37)42-31/h25-26,32-34H,2-24H2,1H3. The van der Waals surface area contributed by atoms with Crippen LogP contribution in [-0.2, 0) is 38.1 Å². The van der Waals surface area contributed by atoms with Crippen molar-refractivity contribution in [2.24, 2.45) is 0 Å². The van der Waals surface area contributed by atoms with E-state index in [0.717, 1.165) is 25.7 Å². The molecule has 0 bridgehead atoms. The van der Waals surface area contributed by atoms with E-state index in [0.29, 0.717) is 6.42 Å². The highest BCUT2D eigenvalue weighted by molar-refractivity contribution is 5.90. The monoisotopic (exact) mass is 602 g/mol. The Bertz CT molecular complexity index is 770. The maximum Gasteiger partial charge on any atom is 0.396 e. The first kappa shape index (κ1) is 37.8. The topological polar surface area (TPSA) is 166 Å². The van der Waals surface area contributed by atoms with Gasteiger partial charge in [-0.25, -0.2) is 14.4 Å². The lowest BCUT2D eigenvalue weighted by Crippen LogP contribution is -2.53. The summed E-state index contributed by atoms with van der Waals surface area (Å²) in [5.74, 6) is -8.11. The van der Waals surface area contributed by atoms with E-state index >= 15 is 0 Å². The number of esters is 4. The van der Waals surface area contributed by atoms with E-state index in [2.05, 4.69) is 11.7 Å². The summed E-state index contributed by atoms with van der Waals surface area (Å²) in [5.41, 5.74) is 0. The van der Waals surface area contributed by atoms with Gasteiger partial charge in [0.25, 0.3) is 0 Å². The molecule has 0 spiro atoms. The van der Waals surface area contributed by atoms with Crippen LogP contribution in [0.2, 0.25) is 0 Å². The number of rotatable bonds is 24. The molecule has 3 atom stereocenters. The average Bonchev–Trinajstić information content (AvgIpc) is 3.01. The van der Waals surface area contributed by atoms with Gasteiger partial charge in [0.2, 0.25) is 12.2 Å². The first-order valence-corrected chi connectivity index (χ1v) is 16.0. The van der Waals surface area contributed by atoms with Gasteiger partial charge in [-0.15, -0.1) is 0 Å².